The average molecular weight is 607 g/mol. The van der Waals surface area contributed by atoms with Gasteiger partial charge in [-0.3, -0.25) is 13.9 Å². The Morgan fingerprint density at radius 3 is 2.22 bits per heavy atom. The first-order valence-corrected chi connectivity index (χ1v) is 14.5. The maximum atomic E-state index is 13.9. The summed E-state index contributed by atoms with van der Waals surface area (Å²) in [7, 11) is -2.30. The zero-order valence-corrected chi connectivity index (χ0v) is 24.0. The van der Waals surface area contributed by atoms with Crippen molar-refractivity contribution in [2.75, 3.05) is 24.2 Å². The van der Waals surface area contributed by atoms with Gasteiger partial charge in [-0.2, -0.15) is 0 Å². The summed E-state index contributed by atoms with van der Waals surface area (Å²) in [4.78, 5) is 28.4. The Kier molecular flexibility index (Phi) is 9.75. The van der Waals surface area contributed by atoms with Crippen LogP contribution in [-0.2, 0) is 32.6 Å². The molecule has 3 aromatic rings. The lowest BCUT2D eigenvalue weighted by molar-refractivity contribution is -0.139. The molecule has 0 aromatic heterocycles. The summed E-state index contributed by atoms with van der Waals surface area (Å²) >= 11 is 9.47. The number of benzene rings is 3. The molecule has 0 heterocycles. The smallest absolute Gasteiger partial charge is 0.244 e. The second-order valence-corrected chi connectivity index (χ2v) is 11.9. The van der Waals surface area contributed by atoms with Crippen LogP contribution in [0.4, 0.5) is 5.69 Å². The number of nitrogens with zero attached hydrogens (tertiary/aromatic N) is 2. The molecule has 0 aliphatic heterocycles. The minimum absolute atomic E-state index is 0.0951. The predicted octanol–water partition coefficient (Wildman–Crippen LogP) is 4.56. The molecule has 37 heavy (non-hydrogen) atoms. The van der Waals surface area contributed by atoms with E-state index >= 15 is 0 Å². The third kappa shape index (κ3) is 7.80. The number of carbonyl (C=O) groups is 2. The van der Waals surface area contributed by atoms with Gasteiger partial charge in [0.1, 0.15) is 12.6 Å². The minimum Gasteiger partial charge on any atom is -0.357 e. The van der Waals surface area contributed by atoms with Crippen molar-refractivity contribution < 1.29 is 18.0 Å². The van der Waals surface area contributed by atoms with Gasteiger partial charge in [-0.1, -0.05) is 70.0 Å². The summed E-state index contributed by atoms with van der Waals surface area (Å²) in [6, 6.07) is 20.5. The molecular weight excluding hydrogens is 578 g/mol. The van der Waals surface area contributed by atoms with Crippen LogP contribution in [0, 0.1) is 6.92 Å². The second kappa shape index (κ2) is 12.6. The van der Waals surface area contributed by atoms with Crippen molar-refractivity contribution in [3.63, 3.8) is 0 Å². The van der Waals surface area contributed by atoms with Crippen molar-refractivity contribution >= 4 is 55.1 Å². The monoisotopic (exact) mass is 605 g/mol. The van der Waals surface area contributed by atoms with Crippen molar-refractivity contribution in [3.8, 4) is 0 Å². The Labute approximate surface area is 231 Å². The highest BCUT2D eigenvalue weighted by Crippen LogP contribution is 2.25. The molecule has 0 saturated heterocycles. The molecule has 0 aliphatic rings. The van der Waals surface area contributed by atoms with Crippen LogP contribution in [0.5, 0.6) is 0 Å². The summed E-state index contributed by atoms with van der Waals surface area (Å²) in [5, 5.41) is 3.20. The molecular formula is C27H29BrClN3O4S. The Morgan fingerprint density at radius 2 is 1.65 bits per heavy atom. The fraction of sp³-hybridized carbons (Fsp3) is 0.259. The SMILES string of the molecule is CNC(=O)C(Cc1ccccc1)N(Cc1ccc(Cl)cc1)C(=O)CN(c1ccc(Br)c(C)c1)S(C)(=O)=O. The van der Waals surface area contributed by atoms with Gasteiger partial charge >= 0.3 is 0 Å². The van der Waals surface area contributed by atoms with Gasteiger partial charge in [-0.25, -0.2) is 8.42 Å². The predicted molar refractivity (Wildman–Crippen MR) is 151 cm³/mol. The van der Waals surface area contributed by atoms with Gasteiger partial charge in [0.15, 0.2) is 0 Å². The molecule has 0 bridgehead atoms. The zero-order chi connectivity index (χ0) is 27.2. The zero-order valence-electron chi connectivity index (χ0n) is 20.8. The van der Waals surface area contributed by atoms with Gasteiger partial charge in [0.05, 0.1) is 11.9 Å². The molecule has 1 unspecified atom stereocenters. The van der Waals surface area contributed by atoms with Gasteiger partial charge in [0.2, 0.25) is 21.8 Å². The van der Waals surface area contributed by atoms with E-state index in [1.54, 1.807) is 42.5 Å². The Balaban J connectivity index is 2.03. The highest BCUT2D eigenvalue weighted by molar-refractivity contribution is 9.10. The number of aryl methyl sites for hydroxylation is 1. The molecule has 0 fully saturated rings. The lowest BCUT2D eigenvalue weighted by Crippen LogP contribution is -2.52. The summed E-state index contributed by atoms with van der Waals surface area (Å²) in [5.41, 5.74) is 2.81. The van der Waals surface area contributed by atoms with Crippen LogP contribution in [-0.4, -0.2) is 51.0 Å². The third-order valence-electron chi connectivity index (χ3n) is 5.89. The fourth-order valence-electron chi connectivity index (χ4n) is 3.90. The first kappa shape index (κ1) is 28.7. The van der Waals surface area contributed by atoms with Crippen molar-refractivity contribution in [1.82, 2.24) is 10.2 Å². The molecule has 0 aliphatic carbocycles. The van der Waals surface area contributed by atoms with E-state index in [0.29, 0.717) is 10.7 Å². The molecule has 196 valence electrons. The largest absolute Gasteiger partial charge is 0.357 e. The van der Waals surface area contributed by atoms with E-state index in [9.17, 15) is 18.0 Å². The number of sulfonamides is 1. The first-order chi connectivity index (χ1) is 17.5. The summed E-state index contributed by atoms with van der Waals surface area (Å²) < 4.78 is 27.4. The quantitative estimate of drug-likeness (QED) is 0.367. The van der Waals surface area contributed by atoms with E-state index in [1.165, 1.54) is 11.9 Å². The van der Waals surface area contributed by atoms with Gasteiger partial charge in [0.25, 0.3) is 0 Å². The van der Waals surface area contributed by atoms with E-state index in [-0.39, 0.29) is 18.9 Å². The molecule has 3 aromatic carbocycles. The summed E-state index contributed by atoms with van der Waals surface area (Å²) in [6.45, 7) is 1.47. The van der Waals surface area contributed by atoms with Crippen molar-refractivity contribution in [3.05, 3.63) is 99.0 Å². The number of rotatable bonds is 10. The molecule has 7 nitrogen and oxygen atoms in total. The topological polar surface area (TPSA) is 86.8 Å². The lowest BCUT2D eigenvalue weighted by atomic mass is 10.0. The number of nitrogens with one attached hydrogen (secondary N) is 1. The standard InChI is InChI=1S/C27H29BrClN3O4S/c1-19-15-23(13-14-24(19)28)32(37(3,35)36)18-26(33)31(17-21-9-11-22(29)12-10-21)25(27(34)30-2)16-20-7-5-4-6-8-20/h4-15,25H,16-18H2,1-3H3,(H,30,34). The van der Waals surface area contributed by atoms with Gasteiger partial charge < -0.3 is 10.2 Å². The number of hydrogen-bond acceptors (Lipinski definition) is 4. The van der Waals surface area contributed by atoms with E-state index in [4.69, 9.17) is 11.6 Å². The summed E-state index contributed by atoms with van der Waals surface area (Å²) in [5.74, 6) is -0.859. The van der Waals surface area contributed by atoms with Crippen LogP contribution < -0.4 is 9.62 Å². The molecule has 0 spiro atoms. The van der Waals surface area contributed by atoms with Crippen LogP contribution in [0.2, 0.25) is 5.02 Å². The molecule has 2 amide bonds. The Bertz CT molecular complexity index is 1350. The number of carbonyl (C=O) groups excluding carboxylic acids is 2. The van der Waals surface area contributed by atoms with E-state index in [1.807, 2.05) is 37.3 Å². The normalized spacial score (nSPS) is 12.0. The van der Waals surface area contributed by atoms with Crippen molar-refractivity contribution in [1.29, 1.82) is 0 Å². The van der Waals surface area contributed by atoms with Gasteiger partial charge in [-0.05, 0) is 53.9 Å². The average Bonchev–Trinajstić information content (AvgIpc) is 2.87. The number of halogens is 2. The van der Waals surface area contributed by atoms with Crippen LogP contribution in [0.15, 0.2) is 77.3 Å². The summed E-state index contributed by atoms with van der Waals surface area (Å²) in [6.07, 6.45) is 1.32. The number of likely N-dealkylation sites (N-methyl/N-ethyl adjacent to an activating group) is 1. The van der Waals surface area contributed by atoms with E-state index < -0.39 is 28.5 Å². The van der Waals surface area contributed by atoms with Crippen LogP contribution in [0.3, 0.4) is 0 Å². The van der Waals surface area contributed by atoms with Gasteiger partial charge in [0, 0.05) is 29.5 Å². The Hall–Kier alpha value is -2.88. The number of amides is 2. The molecule has 0 radical (unpaired) electrons. The molecule has 3 rings (SSSR count). The van der Waals surface area contributed by atoms with Crippen molar-refractivity contribution in [2.45, 2.75) is 25.9 Å². The molecule has 10 heteroatoms. The maximum Gasteiger partial charge on any atom is 0.244 e. The van der Waals surface area contributed by atoms with E-state index in [0.717, 1.165) is 31.7 Å². The van der Waals surface area contributed by atoms with Crippen LogP contribution in [0.25, 0.3) is 0 Å². The first-order valence-electron chi connectivity index (χ1n) is 11.5. The van der Waals surface area contributed by atoms with Crippen molar-refractivity contribution in [2.24, 2.45) is 0 Å². The highest BCUT2D eigenvalue weighted by atomic mass is 79.9. The fourth-order valence-corrected chi connectivity index (χ4v) is 5.12. The molecule has 1 N–H and O–H groups in total. The molecule has 1 atom stereocenters. The lowest BCUT2D eigenvalue weighted by Gasteiger charge is -2.33. The second-order valence-electron chi connectivity index (χ2n) is 8.67. The third-order valence-corrected chi connectivity index (χ3v) is 8.17. The van der Waals surface area contributed by atoms with Crippen LogP contribution in [0.1, 0.15) is 16.7 Å². The maximum absolute atomic E-state index is 13.9. The van der Waals surface area contributed by atoms with E-state index in [2.05, 4.69) is 21.2 Å². The molecule has 0 saturated carbocycles. The number of anilines is 1. The Morgan fingerprint density at radius 1 is 1.00 bits per heavy atom. The number of hydrogen-bond donors (Lipinski definition) is 1. The minimum atomic E-state index is -3.81. The van der Waals surface area contributed by atoms with Crippen LogP contribution >= 0.6 is 27.5 Å². The highest BCUT2D eigenvalue weighted by Gasteiger charge is 2.32. The van der Waals surface area contributed by atoms with Gasteiger partial charge in [-0.15, -0.1) is 0 Å².